The van der Waals surface area contributed by atoms with Gasteiger partial charge in [-0.1, -0.05) is 26.0 Å². The number of aryl methyl sites for hydroxylation is 2. The minimum Gasteiger partial charge on any atom is -0.388 e. The molecule has 2 aromatic rings. The lowest BCUT2D eigenvalue weighted by Crippen LogP contribution is -2.40. The van der Waals surface area contributed by atoms with Gasteiger partial charge in [0.05, 0.1) is 23.2 Å². The van der Waals surface area contributed by atoms with Gasteiger partial charge in [-0.15, -0.1) is 24.0 Å². The van der Waals surface area contributed by atoms with E-state index in [1.54, 1.807) is 0 Å². The third-order valence-corrected chi connectivity index (χ3v) is 4.89. The fraction of sp³-hybridized carbons (Fsp3) is 0.600. The molecule has 1 aromatic carbocycles. The van der Waals surface area contributed by atoms with E-state index in [1.807, 2.05) is 26.8 Å². The number of para-hydroxylation sites is 2. The van der Waals surface area contributed by atoms with Crippen LogP contribution in [0.1, 0.15) is 45.9 Å². The highest BCUT2D eigenvalue weighted by molar-refractivity contribution is 14.0. The van der Waals surface area contributed by atoms with Crippen molar-refractivity contribution in [3.63, 3.8) is 0 Å². The Labute approximate surface area is 179 Å². The van der Waals surface area contributed by atoms with Crippen molar-refractivity contribution in [3.8, 4) is 0 Å². The highest BCUT2D eigenvalue weighted by Gasteiger charge is 2.21. The van der Waals surface area contributed by atoms with Gasteiger partial charge in [0.25, 0.3) is 0 Å². The Bertz CT molecular complexity index is 724. The summed E-state index contributed by atoms with van der Waals surface area (Å²) in [5, 5.41) is 17.0. The van der Waals surface area contributed by atoms with Crippen LogP contribution in [0.25, 0.3) is 11.0 Å². The average molecular weight is 487 g/mol. The van der Waals surface area contributed by atoms with E-state index < -0.39 is 5.60 Å². The lowest BCUT2D eigenvalue weighted by atomic mass is 9.98. The summed E-state index contributed by atoms with van der Waals surface area (Å²) in [5.74, 6) is 1.81. The molecule has 1 aromatic heterocycles. The number of guanidine groups is 1. The van der Waals surface area contributed by atoms with E-state index in [0.717, 1.165) is 43.4 Å². The second-order valence-corrected chi connectivity index (χ2v) is 6.71. The van der Waals surface area contributed by atoms with Crippen LogP contribution in [0.15, 0.2) is 29.3 Å². The fourth-order valence-electron chi connectivity index (χ4n) is 2.96. The van der Waals surface area contributed by atoms with Crippen molar-refractivity contribution in [1.82, 2.24) is 20.2 Å². The van der Waals surface area contributed by atoms with Crippen LogP contribution >= 0.6 is 24.0 Å². The molecule has 152 valence electrons. The monoisotopic (exact) mass is 487 g/mol. The van der Waals surface area contributed by atoms with E-state index in [2.05, 4.69) is 50.3 Å². The van der Waals surface area contributed by atoms with Gasteiger partial charge in [0.15, 0.2) is 5.96 Å². The number of hydrogen-bond acceptors (Lipinski definition) is 3. The van der Waals surface area contributed by atoms with Gasteiger partial charge in [-0.3, -0.25) is 4.99 Å². The van der Waals surface area contributed by atoms with Crippen LogP contribution in [-0.4, -0.2) is 45.9 Å². The van der Waals surface area contributed by atoms with Crippen molar-refractivity contribution in [2.45, 2.75) is 59.1 Å². The van der Waals surface area contributed by atoms with Gasteiger partial charge in [-0.2, -0.15) is 0 Å². The van der Waals surface area contributed by atoms with Gasteiger partial charge in [-0.25, -0.2) is 4.98 Å². The molecular formula is C20H34IN5O. The first kappa shape index (κ1) is 23.7. The van der Waals surface area contributed by atoms with Gasteiger partial charge < -0.3 is 20.3 Å². The van der Waals surface area contributed by atoms with Gasteiger partial charge in [0.1, 0.15) is 5.82 Å². The second-order valence-electron chi connectivity index (χ2n) is 6.71. The van der Waals surface area contributed by atoms with Crippen molar-refractivity contribution < 1.29 is 5.11 Å². The highest BCUT2D eigenvalue weighted by atomic mass is 127. The second kappa shape index (κ2) is 11.5. The van der Waals surface area contributed by atoms with E-state index in [-0.39, 0.29) is 24.0 Å². The maximum absolute atomic E-state index is 10.4. The molecule has 0 amide bonds. The summed E-state index contributed by atoms with van der Waals surface area (Å²) in [4.78, 5) is 9.16. The average Bonchev–Trinajstić information content (AvgIpc) is 2.98. The van der Waals surface area contributed by atoms with Gasteiger partial charge in [0, 0.05) is 19.6 Å². The number of nitrogens with one attached hydrogen (secondary N) is 2. The van der Waals surface area contributed by atoms with Crippen LogP contribution in [0.5, 0.6) is 0 Å². The van der Waals surface area contributed by atoms with Crippen LogP contribution in [0.2, 0.25) is 0 Å². The Morgan fingerprint density at radius 1 is 1.19 bits per heavy atom. The maximum Gasteiger partial charge on any atom is 0.191 e. The number of imidazole rings is 1. The van der Waals surface area contributed by atoms with Gasteiger partial charge >= 0.3 is 0 Å². The predicted molar refractivity (Wildman–Crippen MR) is 124 cm³/mol. The molecule has 2 rings (SSSR count). The molecule has 6 nitrogen and oxygen atoms in total. The molecule has 0 fully saturated rings. The topological polar surface area (TPSA) is 74.5 Å². The van der Waals surface area contributed by atoms with Crippen LogP contribution in [0.3, 0.4) is 0 Å². The lowest BCUT2D eigenvalue weighted by molar-refractivity contribution is 0.0418. The van der Waals surface area contributed by atoms with E-state index in [4.69, 9.17) is 0 Å². The number of rotatable bonds is 9. The number of aliphatic imine (C=N–C) groups is 1. The quantitative estimate of drug-likeness (QED) is 0.219. The maximum atomic E-state index is 10.4. The summed E-state index contributed by atoms with van der Waals surface area (Å²) >= 11 is 0. The summed E-state index contributed by atoms with van der Waals surface area (Å²) in [6, 6.07) is 8.24. The van der Waals surface area contributed by atoms with E-state index in [1.165, 1.54) is 5.52 Å². The van der Waals surface area contributed by atoms with Crippen molar-refractivity contribution >= 4 is 41.0 Å². The number of halogens is 1. The Balaban J connectivity index is 0.00000364. The van der Waals surface area contributed by atoms with Crippen LogP contribution in [0.4, 0.5) is 0 Å². The first-order chi connectivity index (χ1) is 12.5. The minimum atomic E-state index is -0.713. The summed E-state index contributed by atoms with van der Waals surface area (Å²) in [6.45, 7) is 11.0. The molecule has 3 N–H and O–H groups in total. The Morgan fingerprint density at radius 3 is 2.56 bits per heavy atom. The Kier molecular flexibility index (Phi) is 10.1. The number of aliphatic hydroxyl groups is 1. The molecule has 27 heavy (non-hydrogen) atoms. The molecule has 0 saturated heterocycles. The zero-order valence-corrected chi connectivity index (χ0v) is 19.3. The van der Waals surface area contributed by atoms with E-state index in [9.17, 15) is 5.11 Å². The summed E-state index contributed by atoms with van der Waals surface area (Å²) in [7, 11) is 0. The van der Waals surface area contributed by atoms with Gasteiger partial charge in [-0.05, 0) is 45.2 Å². The van der Waals surface area contributed by atoms with E-state index in [0.29, 0.717) is 19.4 Å². The number of nitrogens with zero attached hydrogens (tertiary/aromatic N) is 3. The third kappa shape index (κ3) is 6.64. The molecule has 0 aliphatic heterocycles. The number of fused-ring (bicyclic) bond motifs is 1. The number of aromatic nitrogens is 2. The Hall–Kier alpha value is -1.35. The molecule has 1 heterocycles. The molecule has 0 saturated carbocycles. The first-order valence-corrected chi connectivity index (χ1v) is 9.69. The first-order valence-electron chi connectivity index (χ1n) is 9.69. The zero-order valence-electron chi connectivity index (χ0n) is 17.0. The standard InChI is InChI=1S/C20H33N5O.HI/c1-5-20(26,6-2)15-23-19(21-7-3)22-13-10-14-25-16(4)24-17-11-8-9-12-18(17)25;/h8-9,11-12,26H,5-7,10,13-15H2,1-4H3,(H2,21,22,23);1H. The molecule has 7 heteroatoms. The van der Waals surface area contributed by atoms with E-state index >= 15 is 0 Å². The number of benzene rings is 1. The smallest absolute Gasteiger partial charge is 0.191 e. The SMILES string of the molecule is CCNC(=NCC(O)(CC)CC)NCCCn1c(C)nc2ccccc21.I. The normalized spacial score (nSPS) is 12.1. The van der Waals surface area contributed by atoms with Crippen molar-refractivity contribution in [3.05, 3.63) is 30.1 Å². The summed E-state index contributed by atoms with van der Waals surface area (Å²) in [5.41, 5.74) is 1.52. The molecule has 0 atom stereocenters. The molecule has 0 radical (unpaired) electrons. The summed E-state index contributed by atoms with van der Waals surface area (Å²) < 4.78 is 2.26. The van der Waals surface area contributed by atoms with Crippen molar-refractivity contribution in [2.24, 2.45) is 4.99 Å². The van der Waals surface area contributed by atoms with Gasteiger partial charge in [0.2, 0.25) is 0 Å². The molecule has 0 aliphatic carbocycles. The lowest BCUT2D eigenvalue weighted by Gasteiger charge is -2.23. The molecule has 0 bridgehead atoms. The van der Waals surface area contributed by atoms with Crippen molar-refractivity contribution in [1.29, 1.82) is 0 Å². The summed E-state index contributed by atoms with van der Waals surface area (Å²) in [6.07, 6.45) is 2.39. The zero-order chi connectivity index (χ0) is 19.0. The molecule has 0 spiro atoms. The Morgan fingerprint density at radius 2 is 1.89 bits per heavy atom. The largest absolute Gasteiger partial charge is 0.388 e. The van der Waals surface area contributed by atoms with Crippen molar-refractivity contribution in [2.75, 3.05) is 19.6 Å². The number of hydrogen-bond donors (Lipinski definition) is 3. The molecular weight excluding hydrogens is 453 g/mol. The minimum absolute atomic E-state index is 0. The third-order valence-electron chi connectivity index (χ3n) is 4.89. The van der Waals surface area contributed by atoms with Crippen LogP contribution in [0, 0.1) is 6.92 Å². The predicted octanol–water partition coefficient (Wildman–Crippen LogP) is 3.46. The highest BCUT2D eigenvalue weighted by Crippen LogP contribution is 2.16. The molecule has 0 unspecified atom stereocenters. The fourth-order valence-corrected chi connectivity index (χ4v) is 2.96. The molecule has 0 aliphatic rings. The van der Waals surface area contributed by atoms with Crippen LogP contribution < -0.4 is 10.6 Å². The van der Waals surface area contributed by atoms with Crippen LogP contribution in [-0.2, 0) is 6.54 Å².